The Hall–Kier alpha value is -2.06. The molecule has 5 rings (SSSR count). The summed E-state index contributed by atoms with van der Waals surface area (Å²) < 4.78 is 67.9. The molecule has 1 saturated carbocycles. The van der Waals surface area contributed by atoms with Crippen molar-refractivity contribution < 1.29 is 25.8 Å². The summed E-state index contributed by atoms with van der Waals surface area (Å²) in [5, 5.41) is 2.13. The van der Waals surface area contributed by atoms with Crippen LogP contribution in [0.15, 0.2) is 53.0 Å². The molecule has 0 amide bonds. The van der Waals surface area contributed by atoms with E-state index in [4.69, 9.17) is 0 Å². The summed E-state index contributed by atoms with van der Waals surface area (Å²) >= 11 is 3.48. The monoisotopic (exact) mass is 524 g/mol. The number of rotatable bonds is 3. The number of alkyl halides is 3. The highest BCUT2D eigenvalue weighted by Gasteiger charge is 2.50. The van der Waals surface area contributed by atoms with Crippen molar-refractivity contribution in [3.63, 3.8) is 0 Å². The lowest BCUT2D eigenvalue weighted by Gasteiger charge is -2.28. The maximum atomic E-state index is 13.0. The normalized spacial score (nSPS) is 17.8. The van der Waals surface area contributed by atoms with Crippen molar-refractivity contribution in [2.24, 2.45) is 0 Å². The Kier molecular flexibility index (Phi) is 5.09. The lowest BCUT2D eigenvalue weighted by atomic mass is 9.76. The second-order valence-electron chi connectivity index (χ2n) is 8.64. The van der Waals surface area contributed by atoms with E-state index >= 15 is 0 Å². The minimum absolute atomic E-state index is 0.138. The summed E-state index contributed by atoms with van der Waals surface area (Å²) in [6, 6.07) is 15.2. The van der Waals surface area contributed by atoms with Gasteiger partial charge in [-0.2, -0.15) is 21.6 Å². The first-order valence-electron chi connectivity index (χ1n) is 10.5. The van der Waals surface area contributed by atoms with Gasteiger partial charge in [0.25, 0.3) is 0 Å². The number of hydrogen-bond acceptors (Lipinski definition) is 3. The predicted octanol–water partition coefficient (Wildman–Crippen LogP) is 7.26. The maximum Gasteiger partial charge on any atom is 0.534 e. The van der Waals surface area contributed by atoms with Crippen LogP contribution in [0.25, 0.3) is 21.9 Å². The van der Waals surface area contributed by atoms with E-state index in [0.29, 0.717) is 12.0 Å². The van der Waals surface area contributed by atoms with Gasteiger partial charge < -0.3 is 4.18 Å². The third-order valence-corrected chi connectivity index (χ3v) is 8.27. The highest BCUT2D eigenvalue weighted by molar-refractivity contribution is 9.10. The van der Waals surface area contributed by atoms with E-state index in [2.05, 4.69) is 26.2 Å². The number of halogens is 4. The molecule has 0 N–H and O–H groups in total. The van der Waals surface area contributed by atoms with E-state index in [1.807, 2.05) is 30.3 Å². The van der Waals surface area contributed by atoms with Crippen LogP contribution in [0.3, 0.4) is 0 Å². The standard InChI is InChI=1S/C24H20BrF3O3S/c25-18-6-5-15-13-17(4-3-16(15)14-18)19-7-8-21(31-32(29,30)24(26,27)28)20-9-12-23(22(19)20)10-1-2-11-23/h3-8,13-14H,1-2,9-12H2. The van der Waals surface area contributed by atoms with Crippen LogP contribution in [0.1, 0.15) is 43.2 Å². The van der Waals surface area contributed by atoms with Gasteiger partial charge in [0, 0.05) is 10.0 Å². The van der Waals surface area contributed by atoms with Gasteiger partial charge in [0.05, 0.1) is 0 Å². The highest BCUT2D eigenvalue weighted by Crippen LogP contribution is 2.55. The summed E-state index contributed by atoms with van der Waals surface area (Å²) in [4.78, 5) is 0. The third kappa shape index (κ3) is 3.52. The molecule has 168 valence electrons. The van der Waals surface area contributed by atoms with Crippen molar-refractivity contribution in [3.05, 3.63) is 64.1 Å². The van der Waals surface area contributed by atoms with Crippen LogP contribution in [-0.2, 0) is 22.0 Å². The number of hydrogen-bond donors (Lipinski definition) is 0. The van der Waals surface area contributed by atoms with E-state index < -0.39 is 15.6 Å². The molecular formula is C24H20BrF3O3S. The Labute approximate surface area is 192 Å². The summed E-state index contributed by atoms with van der Waals surface area (Å²) in [7, 11) is -5.72. The van der Waals surface area contributed by atoms with Crippen LogP contribution >= 0.6 is 15.9 Å². The third-order valence-electron chi connectivity index (χ3n) is 6.81. The van der Waals surface area contributed by atoms with Gasteiger partial charge in [0.15, 0.2) is 0 Å². The minimum Gasteiger partial charge on any atom is -0.376 e. The Morgan fingerprint density at radius 1 is 0.906 bits per heavy atom. The largest absolute Gasteiger partial charge is 0.534 e. The number of fused-ring (bicyclic) bond motifs is 3. The number of benzene rings is 3. The molecule has 1 spiro atoms. The molecule has 0 bridgehead atoms. The lowest BCUT2D eigenvalue weighted by molar-refractivity contribution is -0.0500. The second-order valence-corrected chi connectivity index (χ2v) is 11.1. The average Bonchev–Trinajstić information content (AvgIpc) is 3.36. The fourth-order valence-electron chi connectivity index (χ4n) is 5.39. The SMILES string of the molecule is O=S(=O)(Oc1ccc(-c2ccc3cc(Br)ccc3c2)c2c1CCC21CCCC1)C(F)(F)F. The first kappa shape index (κ1) is 21.8. The van der Waals surface area contributed by atoms with Crippen LogP contribution < -0.4 is 4.18 Å². The predicted molar refractivity (Wildman–Crippen MR) is 121 cm³/mol. The summed E-state index contributed by atoms with van der Waals surface area (Å²) in [6.07, 6.45) is 5.30. The van der Waals surface area contributed by atoms with Crippen LogP contribution in [-0.4, -0.2) is 13.9 Å². The van der Waals surface area contributed by atoms with E-state index in [9.17, 15) is 21.6 Å². The lowest BCUT2D eigenvalue weighted by Crippen LogP contribution is -2.28. The summed E-state index contributed by atoms with van der Waals surface area (Å²) in [6.45, 7) is 0. The molecule has 32 heavy (non-hydrogen) atoms. The molecule has 0 saturated heterocycles. The molecule has 8 heteroatoms. The molecule has 0 aliphatic heterocycles. The zero-order chi connectivity index (χ0) is 22.7. The van der Waals surface area contributed by atoms with E-state index in [-0.39, 0.29) is 11.2 Å². The van der Waals surface area contributed by atoms with E-state index in [0.717, 1.165) is 64.0 Å². The summed E-state index contributed by atoms with van der Waals surface area (Å²) in [5.74, 6) is -0.199. The highest BCUT2D eigenvalue weighted by atomic mass is 79.9. The summed E-state index contributed by atoms with van der Waals surface area (Å²) in [5.41, 5.74) is -2.14. The van der Waals surface area contributed by atoms with Crippen LogP contribution in [0.4, 0.5) is 13.2 Å². The molecule has 0 heterocycles. The quantitative estimate of drug-likeness (QED) is 0.267. The molecule has 0 unspecified atom stereocenters. The van der Waals surface area contributed by atoms with Crippen molar-refractivity contribution in [2.45, 2.75) is 49.4 Å². The molecule has 3 aromatic rings. The van der Waals surface area contributed by atoms with Gasteiger partial charge in [-0.15, -0.1) is 0 Å². The minimum atomic E-state index is -5.72. The fourth-order valence-corrected chi connectivity index (χ4v) is 6.26. The van der Waals surface area contributed by atoms with Gasteiger partial charge in [-0.3, -0.25) is 0 Å². The van der Waals surface area contributed by atoms with Gasteiger partial charge in [-0.1, -0.05) is 53.0 Å². The van der Waals surface area contributed by atoms with Crippen molar-refractivity contribution in [1.29, 1.82) is 0 Å². The zero-order valence-corrected chi connectivity index (χ0v) is 19.4. The van der Waals surface area contributed by atoms with Gasteiger partial charge >= 0.3 is 15.6 Å². The maximum absolute atomic E-state index is 13.0. The smallest absolute Gasteiger partial charge is 0.376 e. The Morgan fingerprint density at radius 3 is 2.31 bits per heavy atom. The molecule has 1 fully saturated rings. The topological polar surface area (TPSA) is 43.4 Å². The van der Waals surface area contributed by atoms with Gasteiger partial charge in [-0.05, 0) is 82.8 Å². The van der Waals surface area contributed by atoms with E-state index in [1.165, 1.54) is 6.07 Å². The van der Waals surface area contributed by atoms with Crippen LogP contribution in [0.5, 0.6) is 5.75 Å². The average molecular weight is 525 g/mol. The van der Waals surface area contributed by atoms with Crippen LogP contribution in [0, 0.1) is 0 Å². The van der Waals surface area contributed by atoms with E-state index in [1.54, 1.807) is 6.07 Å². The van der Waals surface area contributed by atoms with Gasteiger partial charge in [-0.25, -0.2) is 0 Å². The van der Waals surface area contributed by atoms with Gasteiger partial charge in [0.1, 0.15) is 5.75 Å². The van der Waals surface area contributed by atoms with Crippen molar-refractivity contribution >= 4 is 36.8 Å². The molecule has 2 aliphatic carbocycles. The first-order valence-corrected chi connectivity index (χ1v) is 12.7. The van der Waals surface area contributed by atoms with Crippen molar-refractivity contribution in [3.8, 4) is 16.9 Å². The molecule has 0 aromatic heterocycles. The molecule has 3 aromatic carbocycles. The van der Waals surface area contributed by atoms with Crippen molar-refractivity contribution in [2.75, 3.05) is 0 Å². The second kappa shape index (κ2) is 7.48. The Balaban J connectivity index is 1.68. The first-order chi connectivity index (χ1) is 15.1. The van der Waals surface area contributed by atoms with Gasteiger partial charge in [0.2, 0.25) is 0 Å². The Bertz CT molecular complexity index is 1330. The molecule has 0 atom stereocenters. The molecule has 0 radical (unpaired) electrons. The fraction of sp³-hybridized carbons (Fsp3) is 0.333. The molecule has 2 aliphatic rings. The molecule has 3 nitrogen and oxygen atoms in total. The molecular weight excluding hydrogens is 505 g/mol. The Morgan fingerprint density at radius 2 is 1.59 bits per heavy atom. The van der Waals surface area contributed by atoms with Crippen LogP contribution in [0.2, 0.25) is 0 Å². The zero-order valence-electron chi connectivity index (χ0n) is 17.0. The van der Waals surface area contributed by atoms with Crippen molar-refractivity contribution in [1.82, 2.24) is 0 Å².